The third kappa shape index (κ3) is 3.73. The Hall–Kier alpha value is -2.85. The van der Waals surface area contributed by atoms with Gasteiger partial charge >= 0.3 is 0 Å². The number of carbonyl (C=O) groups is 1. The Morgan fingerprint density at radius 1 is 0.893 bits per heavy atom. The molecule has 0 aliphatic carbocycles. The summed E-state index contributed by atoms with van der Waals surface area (Å²) in [6, 6.07) is 24.0. The maximum atomic E-state index is 13.4. The number of halogens is 1. The highest BCUT2D eigenvalue weighted by Gasteiger charge is 2.34. The van der Waals surface area contributed by atoms with Crippen molar-refractivity contribution in [3.8, 4) is 0 Å². The number of nitrogens with one attached hydrogen (secondary N) is 1. The quantitative estimate of drug-likeness (QED) is 0.535. The van der Waals surface area contributed by atoms with Crippen LogP contribution in [-0.4, -0.2) is 5.91 Å². The summed E-state index contributed by atoms with van der Waals surface area (Å²) in [6.07, 6.45) is 2.01. The number of nitrogens with zero attached hydrogens (tertiary/aromatic N) is 1. The van der Waals surface area contributed by atoms with Crippen LogP contribution >= 0.6 is 15.9 Å². The van der Waals surface area contributed by atoms with E-state index >= 15 is 0 Å². The number of aryl methyl sites for hydroxylation is 2. The molecular weight excluding hydrogens is 412 g/mol. The summed E-state index contributed by atoms with van der Waals surface area (Å²) < 4.78 is 0.995. The van der Waals surface area contributed by atoms with Crippen molar-refractivity contribution in [2.75, 3.05) is 10.2 Å². The number of hydrogen-bond donors (Lipinski definition) is 1. The zero-order valence-electron chi connectivity index (χ0n) is 15.8. The van der Waals surface area contributed by atoms with E-state index in [2.05, 4.69) is 33.4 Å². The van der Waals surface area contributed by atoms with Crippen LogP contribution in [0.15, 0.2) is 89.0 Å². The molecular formula is C24H21BrN2O. The first-order chi connectivity index (χ1) is 13.5. The van der Waals surface area contributed by atoms with Crippen molar-refractivity contribution in [1.82, 2.24) is 0 Å². The van der Waals surface area contributed by atoms with Crippen LogP contribution in [0.3, 0.4) is 0 Å². The van der Waals surface area contributed by atoms with Crippen LogP contribution in [0.4, 0.5) is 11.4 Å². The van der Waals surface area contributed by atoms with Gasteiger partial charge in [0.2, 0.25) is 0 Å². The Labute approximate surface area is 173 Å². The summed E-state index contributed by atoms with van der Waals surface area (Å²) in [5.74, 6) is -0.0305. The van der Waals surface area contributed by atoms with E-state index in [4.69, 9.17) is 0 Å². The SMILES string of the molecule is Cc1cccc(NC2=CC(c3cccc(Br)c3)N(c3cccc(C)c3)C2=O)c1. The Balaban J connectivity index is 1.75. The Kier molecular flexibility index (Phi) is 5.05. The van der Waals surface area contributed by atoms with Gasteiger partial charge in [0.1, 0.15) is 5.70 Å². The molecule has 3 aromatic carbocycles. The molecule has 0 fully saturated rings. The van der Waals surface area contributed by atoms with Crippen LogP contribution in [-0.2, 0) is 4.79 Å². The fraction of sp³-hybridized carbons (Fsp3) is 0.125. The fourth-order valence-corrected chi connectivity index (χ4v) is 3.94. The number of rotatable bonds is 4. The molecule has 3 aromatic rings. The molecule has 1 aliphatic heterocycles. The second-order valence-corrected chi connectivity index (χ2v) is 8.00. The maximum Gasteiger partial charge on any atom is 0.275 e. The third-order valence-electron chi connectivity index (χ3n) is 4.82. The largest absolute Gasteiger partial charge is 0.351 e. The number of hydrogen-bond acceptors (Lipinski definition) is 2. The number of benzene rings is 3. The van der Waals surface area contributed by atoms with Crippen LogP contribution in [0.2, 0.25) is 0 Å². The lowest BCUT2D eigenvalue weighted by Crippen LogP contribution is -2.30. The van der Waals surface area contributed by atoms with E-state index in [1.54, 1.807) is 0 Å². The summed E-state index contributed by atoms with van der Waals surface area (Å²) in [6.45, 7) is 4.08. The molecule has 140 valence electrons. The van der Waals surface area contributed by atoms with E-state index < -0.39 is 0 Å². The minimum Gasteiger partial charge on any atom is -0.351 e. The van der Waals surface area contributed by atoms with E-state index in [0.717, 1.165) is 32.5 Å². The standard InChI is InChI=1S/C24H21BrN2O/c1-16-6-3-10-20(12-16)26-22-15-23(18-8-5-9-19(25)14-18)27(24(22)28)21-11-4-7-17(2)13-21/h3-15,23,26H,1-2H3. The van der Waals surface area contributed by atoms with Gasteiger partial charge in [0, 0.05) is 15.8 Å². The molecule has 1 heterocycles. The van der Waals surface area contributed by atoms with Crippen LogP contribution in [0, 0.1) is 13.8 Å². The molecule has 28 heavy (non-hydrogen) atoms. The number of anilines is 2. The summed E-state index contributed by atoms with van der Waals surface area (Å²) in [7, 11) is 0. The van der Waals surface area contributed by atoms with Crippen molar-refractivity contribution in [1.29, 1.82) is 0 Å². The molecule has 0 bridgehead atoms. The molecule has 1 N–H and O–H groups in total. The van der Waals surface area contributed by atoms with Gasteiger partial charge < -0.3 is 5.32 Å². The van der Waals surface area contributed by atoms with Crippen molar-refractivity contribution in [2.45, 2.75) is 19.9 Å². The van der Waals surface area contributed by atoms with Crippen LogP contribution in [0.5, 0.6) is 0 Å². The van der Waals surface area contributed by atoms with Gasteiger partial charge in [0.25, 0.3) is 5.91 Å². The Bertz CT molecular complexity index is 1070. The molecule has 1 unspecified atom stereocenters. The zero-order valence-corrected chi connectivity index (χ0v) is 17.4. The Morgan fingerprint density at radius 3 is 2.32 bits per heavy atom. The first-order valence-corrected chi connectivity index (χ1v) is 10.0. The van der Waals surface area contributed by atoms with E-state index in [-0.39, 0.29) is 11.9 Å². The van der Waals surface area contributed by atoms with Crippen molar-refractivity contribution < 1.29 is 4.79 Å². The lowest BCUT2D eigenvalue weighted by atomic mass is 10.1. The van der Waals surface area contributed by atoms with Gasteiger partial charge in [-0.3, -0.25) is 9.69 Å². The van der Waals surface area contributed by atoms with Gasteiger partial charge in [-0.25, -0.2) is 0 Å². The Morgan fingerprint density at radius 2 is 1.61 bits per heavy atom. The van der Waals surface area contributed by atoms with Gasteiger partial charge in [-0.1, -0.05) is 52.3 Å². The molecule has 0 spiro atoms. The van der Waals surface area contributed by atoms with Gasteiger partial charge in [-0.15, -0.1) is 0 Å². The fourth-order valence-electron chi connectivity index (χ4n) is 3.52. The van der Waals surface area contributed by atoms with E-state index in [9.17, 15) is 4.79 Å². The second kappa shape index (κ2) is 7.64. The molecule has 0 aromatic heterocycles. The first-order valence-electron chi connectivity index (χ1n) is 9.22. The topological polar surface area (TPSA) is 32.3 Å². The third-order valence-corrected chi connectivity index (χ3v) is 5.31. The van der Waals surface area contributed by atoms with Gasteiger partial charge in [0.15, 0.2) is 0 Å². The predicted molar refractivity (Wildman–Crippen MR) is 118 cm³/mol. The van der Waals surface area contributed by atoms with Gasteiger partial charge in [-0.2, -0.15) is 0 Å². The van der Waals surface area contributed by atoms with Crippen molar-refractivity contribution in [3.05, 3.63) is 106 Å². The molecule has 1 aliphatic rings. The van der Waals surface area contributed by atoms with Crippen LogP contribution in [0.25, 0.3) is 0 Å². The average molecular weight is 433 g/mol. The monoisotopic (exact) mass is 432 g/mol. The predicted octanol–water partition coefficient (Wildman–Crippen LogP) is 6.15. The second-order valence-electron chi connectivity index (χ2n) is 7.09. The van der Waals surface area contributed by atoms with Crippen LogP contribution in [0.1, 0.15) is 22.7 Å². The lowest BCUT2D eigenvalue weighted by Gasteiger charge is -2.25. The highest BCUT2D eigenvalue weighted by Crippen LogP contribution is 2.37. The zero-order chi connectivity index (χ0) is 19.7. The minimum absolute atomic E-state index is 0.0305. The van der Waals surface area contributed by atoms with E-state index in [1.165, 1.54) is 0 Å². The first kappa shape index (κ1) is 18.5. The molecule has 0 radical (unpaired) electrons. The number of carbonyl (C=O) groups excluding carboxylic acids is 1. The summed E-state index contributed by atoms with van der Waals surface area (Å²) in [4.78, 5) is 15.2. The maximum absolute atomic E-state index is 13.4. The minimum atomic E-state index is -0.167. The van der Waals surface area contributed by atoms with Crippen LogP contribution < -0.4 is 10.2 Å². The normalized spacial score (nSPS) is 16.2. The van der Waals surface area contributed by atoms with Gasteiger partial charge in [0.05, 0.1) is 6.04 Å². The molecule has 4 heteroatoms. The number of amides is 1. The van der Waals surface area contributed by atoms with E-state index in [0.29, 0.717) is 5.70 Å². The van der Waals surface area contributed by atoms with E-state index in [1.807, 2.05) is 85.5 Å². The molecule has 1 amide bonds. The highest BCUT2D eigenvalue weighted by molar-refractivity contribution is 9.10. The molecule has 0 saturated carbocycles. The molecule has 0 saturated heterocycles. The molecule has 3 nitrogen and oxygen atoms in total. The average Bonchev–Trinajstić information content (AvgIpc) is 2.98. The van der Waals surface area contributed by atoms with Crippen molar-refractivity contribution >= 4 is 33.2 Å². The van der Waals surface area contributed by atoms with Gasteiger partial charge in [-0.05, 0) is 73.0 Å². The summed E-state index contributed by atoms with van der Waals surface area (Å²) >= 11 is 3.55. The molecule has 4 rings (SSSR count). The summed E-state index contributed by atoms with van der Waals surface area (Å²) in [5.41, 5.74) is 5.74. The smallest absolute Gasteiger partial charge is 0.275 e. The van der Waals surface area contributed by atoms with Crippen molar-refractivity contribution in [2.24, 2.45) is 0 Å². The highest BCUT2D eigenvalue weighted by atomic mass is 79.9. The summed E-state index contributed by atoms with van der Waals surface area (Å²) in [5, 5.41) is 3.32. The van der Waals surface area contributed by atoms with Crippen molar-refractivity contribution in [3.63, 3.8) is 0 Å². The lowest BCUT2D eigenvalue weighted by molar-refractivity contribution is -0.114. The molecule has 1 atom stereocenters.